The number of hydrogen-bond acceptors (Lipinski definition) is 4. The first-order valence-electron chi connectivity index (χ1n) is 6.79. The molecular weight excluding hydrogens is 347 g/mol. The van der Waals surface area contributed by atoms with E-state index >= 15 is 0 Å². The Morgan fingerprint density at radius 3 is 2.32 bits per heavy atom. The van der Waals surface area contributed by atoms with Gasteiger partial charge in [-0.15, -0.1) is 23.2 Å². The van der Waals surface area contributed by atoms with Gasteiger partial charge in [-0.3, -0.25) is 4.79 Å². The topological polar surface area (TPSA) is 75.6 Å². The van der Waals surface area contributed by atoms with Crippen molar-refractivity contribution in [2.45, 2.75) is 29.0 Å². The minimum atomic E-state index is -3.80. The molecule has 0 heterocycles. The van der Waals surface area contributed by atoms with E-state index in [-0.39, 0.29) is 28.2 Å². The number of hydrogen-bond donors (Lipinski definition) is 1. The highest BCUT2D eigenvalue weighted by atomic mass is 35.5. The van der Waals surface area contributed by atoms with Gasteiger partial charge in [0, 0.05) is 11.8 Å². The minimum absolute atomic E-state index is 0.0932. The number of nitrogens with one attached hydrogen (secondary N) is 1. The highest BCUT2D eigenvalue weighted by Gasteiger charge is 2.55. The number of carbonyl (C=O) groups excluding carboxylic acids is 1. The van der Waals surface area contributed by atoms with Crippen molar-refractivity contribution in [1.29, 1.82) is 0 Å². The van der Waals surface area contributed by atoms with Crippen LogP contribution in [-0.2, 0) is 14.8 Å². The van der Waals surface area contributed by atoms with Crippen molar-refractivity contribution in [3.05, 3.63) is 29.8 Å². The number of sulfonamides is 1. The van der Waals surface area contributed by atoms with E-state index in [1.54, 1.807) is 12.1 Å². The predicted molar refractivity (Wildman–Crippen MR) is 84.8 cm³/mol. The highest BCUT2D eigenvalue weighted by molar-refractivity contribution is 7.89. The Labute approximate surface area is 138 Å². The summed E-state index contributed by atoms with van der Waals surface area (Å²) in [5.74, 6) is -0.868. The Hall–Kier alpha value is -1.11. The number of halogens is 2. The van der Waals surface area contributed by atoms with Crippen molar-refractivity contribution >= 4 is 44.7 Å². The summed E-state index contributed by atoms with van der Waals surface area (Å²) in [6, 6.07) is 6.35. The van der Waals surface area contributed by atoms with E-state index in [0.29, 0.717) is 6.42 Å². The molecule has 0 aliphatic heterocycles. The summed E-state index contributed by atoms with van der Waals surface area (Å²) in [5.41, 5.74) is 1.13. The van der Waals surface area contributed by atoms with Crippen LogP contribution in [0.25, 0.3) is 0 Å². The van der Waals surface area contributed by atoms with Gasteiger partial charge in [0.1, 0.15) is 5.71 Å². The predicted octanol–water partition coefficient (Wildman–Crippen LogP) is 2.06. The van der Waals surface area contributed by atoms with Crippen LogP contribution in [0.5, 0.6) is 0 Å². The van der Waals surface area contributed by atoms with Gasteiger partial charge in [0.15, 0.2) is 5.78 Å². The quantitative estimate of drug-likeness (QED) is 0.662. The Balaban J connectivity index is 1.82. The van der Waals surface area contributed by atoms with Gasteiger partial charge in [-0.1, -0.05) is 17.7 Å². The van der Waals surface area contributed by atoms with Crippen molar-refractivity contribution in [3.63, 3.8) is 0 Å². The van der Waals surface area contributed by atoms with Crippen LogP contribution in [0.3, 0.4) is 0 Å². The Bertz CT molecular complexity index is 746. The van der Waals surface area contributed by atoms with Crippen molar-refractivity contribution in [2.75, 3.05) is 0 Å². The average Bonchev–Trinajstić information content (AvgIpc) is 2.94. The molecule has 2 aliphatic carbocycles. The summed E-state index contributed by atoms with van der Waals surface area (Å²) in [6.07, 6.45) is 0.534. The molecule has 8 heteroatoms. The van der Waals surface area contributed by atoms with E-state index in [1.165, 1.54) is 12.1 Å². The standard InChI is InChI=1S/C14H14Cl2N2O3S/c1-7-2-4-8(5-3-7)22(20,21)18-17-13-9-6-10(14(13)19)12(16)11(9)15/h2-5,9-12,18H,6H2,1H3/b17-13+. The fraction of sp³-hybridized carbons (Fsp3) is 0.429. The zero-order chi connectivity index (χ0) is 16.1. The van der Waals surface area contributed by atoms with Crippen molar-refractivity contribution in [2.24, 2.45) is 16.9 Å². The van der Waals surface area contributed by atoms with Gasteiger partial charge in [-0.2, -0.15) is 18.4 Å². The third-order valence-corrected chi connectivity index (χ3v) is 6.64. The fourth-order valence-corrected chi connectivity index (χ4v) is 4.49. The maximum atomic E-state index is 12.2. The second kappa shape index (κ2) is 5.51. The number of Topliss-reactive ketones (excluding diaryl/α,β-unsaturated/α-hetero) is 1. The molecule has 2 fully saturated rings. The molecule has 2 saturated carbocycles. The Morgan fingerprint density at radius 2 is 1.73 bits per heavy atom. The van der Waals surface area contributed by atoms with E-state index in [1.807, 2.05) is 6.92 Å². The molecule has 0 amide bonds. The van der Waals surface area contributed by atoms with E-state index in [9.17, 15) is 13.2 Å². The number of aryl methyl sites for hydroxylation is 1. The lowest BCUT2D eigenvalue weighted by molar-refractivity contribution is -0.115. The van der Waals surface area contributed by atoms with Gasteiger partial charge in [0.05, 0.1) is 15.6 Å². The third kappa shape index (κ3) is 2.53. The van der Waals surface area contributed by atoms with Gasteiger partial charge in [0.2, 0.25) is 0 Å². The average molecular weight is 361 g/mol. The number of carbonyl (C=O) groups is 1. The molecule has 5 nitrogen and oxygen atoms in total. The molecule has 1 aromatic carbocycles. The van der Waals surface area contributed by atoms with Gasteiger partial charge >= 0.3 is 0 Å². The lowest BCUT2D eigenvalue weighted by Gasteiger charge is -2.21. The molecule has 0 saturated heterocycles. The maximum absolute atomic E-state index is 12.2. The van der Waals surface area contributed by atoms with Crippen molar-refractivity contribution in [1.82, 2.24) is 4.83 Å². The first kappa shape index (κ1) is 15.8. The molecule has 0 spiro atoms. The lowest BCUT2D eigenvalue weighted by Crippen LogP contribution is -2.38. The molecule has 4 unspecified atom stereocenters. The smallest absolute Gasteiger partial charge is 0.276 e. The van der Waals surface area contributed by atoms with Crippen LogP contribution >= 0.6 is 23.2 Å². The first-order valence-corrected chi connectivity index (χ1v) is 9.15. The van der Waals surface area contributed by atoms with Crippen LogP contribution in [0.4, 0.5) is 0 Å². The monoisotopic (exact) mass is 360 g/mol. The van der Waals surface area contributed by atoms with Gasteiger partial charge in [0.25, 0.3) is 10.0 Å². The highest BCUT2D eigenvalue weighted by Crippen LogP contribution is 2.46. The van der Waals surface area contributed by atoms with Crippen LogP contribution < -0.4 is 4.83 Å². The van der Waals surface area contributed by atoms with Gasteiger partial charge in [-0.25, -0.2) is 0 Å². The summed E-state index contributed by atoms with van der Waals surface area (Å²) in [6.45, 7) is 1.86. The first-order chi connectivity index (χ1) is 10.3. The normalized spacial score (nSPS) is 32.7. The second-order valence-electron chi connectivity index (χ2n) is 5.61. The van der Waals surface area contributed by atoms with Crippen LogP contribution in [0.15, 0.2) is 34.3 Å². The van der Waals surface area contributed by atoms with Crippen LogP contribution in [0, 0.1) is 18.8 Å². The molecule has 4 atom stereocenters. The molecule has 0 radical (unpaired) electrons. The molecule has 118 valence electrons. The summed E-state index contributed by atoms with van der Waals surface area (Å²) in [7, 11) is -3.80. The number of ketones is 1. The summed E-state index contributed by atoms with van der Waals surface area (Å²) in [5, 5.41) is 3.02. The van der Waals surface area contributed by atoms with Gasteiger partial charge < -0.3 is 0 Å². The lowest BCUT2D eigenvalue weighted by atomic mass is 9.96. The largest absolute Gasteiger partial charge is 0.292 e. The number of hydrazone groups is 1. The Morgan fingerprint density at radius 1 is 1.14 bits per heavy atom. The minimum Gasteiger partial charge on any atom is -0.292 e. The summed E-state index contributed by atoms with van der Waals surface area (Å²) in [4.78, 5) is 14.3. The van der Waals surface area contributed by atoms with Crippen LogP contribution in [-0.4, -0.2) is 30.7 Å². The summed E-state index contributed by atoms with van der Waals surface area (Å²) < 4.78 is 24.3. The number of rotatable bonds is 3. The fourth-order valence-electron chi connectivity index (χ4n) is 2.88. The molecule has 22 heavy (non-hydrogen) atoms. The number of fused-ring (bicyclic) bond motifs is 2. The van der Waals surface area contributed by atoms with Crippen molar-refractivity contribution < 1.29 is 13.2 Å². The molecular formula is C14H14Cl2N2O3S. The zero-order valence-corrected chi connectivity index (χ0v) is 14.0. The maximum Gasteiger partial charge on any atom is 0.276 e. The van der Waals surface area contributed by atoms with Gasteiger partial charge in [-0.05, 0) is 25.5 Å². The van der Waals surface area contributed by atoms with E-state index < -0.39 is 20.8 Å². The summed E-state index contributed by atoms with van der Waals surface area (Å²) >= 11 is 12.2. The van der Waals surface area contributed by atoms with E-state index in [2.05, 4.69) is 9.93 Å². The third-order valence-electron chi connectivity index (χ3n) is 4.14. The zero-order valence-electron chi connectivity index (χ0n) is 11.7. The molecule has 2 aliphatic rings. The van der Waals surface area contributed by atoms with Crippen LogP contribution in [0.1, 0.15) is 12.0 Å². The molecule has 3 rings (SSSR count). The Kier molecular flexibility index (Phi) is 3.95. The number of benzene rings is 1. The number of alkyl halides is 2. The van der Waals surface area contributed by atoms with Crippen LogP contribution in [0.2, 0.25) is 0 Å². The van der Waals surface area contributed by atoms with E-state index in [4.69, 9.17) is 23.2 Å². The molecule has 0 aromatic heterocycles. The molecule has 2 bridgehead atoms. The van der Waals surface area contributed by atoms with E-state index in [0.717, 1.165) is 5.56 Å². The van der Waals surface area contributed by atoms with Crippen molar-refractivity contribution in [3.8, 4) is 0 Å². The second-order valence-corrected chi connectivity index (χ2v) is 8.28. The number of nitrogens with zero attached hydrogens (tertiary/aromatic N) is 1. The molecule has 1 aromatic rings. The molecule has 1 N–H and O–H groups in total. The SMILES string of the molecule is Cc1ccc(S(=O)(=O)N/N=C2/C(=O)C3CC2C(Cl)C3Cl)cc1.